The highest BCUT2D eigenvalue weighted by atomic mass is 32.1. The number of aryl methyl sites for hydroxylation is 1. The van der Waals surface area contributed by atoms with Crippen LogP contribution >= 0.6 is 11.3 Å². The van der Waals surface area contributed by atoms with Gasteiger partial charge in [-0.15, -0.1) is 11.3 Å². The highest BCUT2D eigenvalue weighted by Crippen LogP contribution is 2.25. The summed E-state index contributed by atoms with van der Waals surface area (Å²) < 4.78 is 1.66. The van der Waals surface area contributed by atoms with Crippen LogP contribution < -0.4 is 10.9 Å². The lowest BCUT2D eigenvalue weighted by atomic mass is 9.95. The van der Waals surface area contributed by atoms with Crippen molar-refractivity contribution < 1.29 is 5.32 Å². The minimum atomic E-state index is -0.0212. The molecule has 0 radical (unpaired) electrons. The van der Waals surface area contributed by atoms with Crippen LogP contribution in [0.25, 0.3) is 5.65 Å². The summed E-state index contributed by atoms with van der Waals surface area (Å²) in [5.41, 5.74) is 5.05. The van der Waals surface area contributed by atoms with Crippen molar-refractivity contribution in [2.45, 2.75) is 45.7 Å². The monoisotopic (exact) mass is 418 g/mol. The van der Waals surface area contributed by atoms with E-state index in [9.17, 15) is 4.79 Å². The summed E-state index contributed by atoms with van der Waals surface area (Å²) in [4.78, 5) is 18.6. The van der Waals surface area contributed by atoms with Crippen LogP contribution in [0.5, 0.6) is 0 Å². The maximum absolute atomic E-state index is 12.6. The standard InChI is InChI=1S/C25H27N3OS/c1-4-17(2)19-10-12-20(13-11-19)25(22-8-6-14-30-22)26-16-21-15-24(29)28-18(3)7-5-9-23(28)27-21/h5-15,17,25-26H,4,16H2,1-3H3/p+1/t17-,25-/m1/s1. The average Bonchev–Trinajstić information content (AvgIpc) is 3.28. The second-order valence-corrected chi connectivity index (χ2v) is 8.83. The number of thiophene rings is 1. The fourth-order valence-corrected chi connectivity index (χ4v) is 4.71. The number of rotatable bonds is 7. The molecule has 4 nitrogen and oxygen atoms in total. The van der Waals surface area contributed by atoms with Gasteiger partial charge in [-0.25, -0.2) is 4.98 Å². The molecule has 0 spiro atoms. The van der Waals surface area contributed by atoms with Crippen molar-refractivity contribution in [1.82, 2.24) is 9.38 Å². The fourth-order valence-electron chi connectivity index (χ4n) is 3.86. The molecule has 2 atom stereocenters. The van der Waals surface area contributed by atoms with Crippen molar-refractivity contribution in [3.8, 4) is 0 Å². The first-order valence-corrected chi connectivity index (χ1v) is 11.4. The third-order valence-electron chi connectivity index (χ3n) is 5.82. The number of benzene rings is 1. The maximum atomic E-state index is 12.6. The van der Waals surface area contributed by atoms with Gasteiger partial charge in [0.25, 0.3) is 5.56 Å². The maximum Gasteiger partial charge on any atom is 0.258 e. The van der Waals surface area contributed by atoms with Crippen LogP contribution in [0.4, 0.5) is 0 Å². The summed E-state index contributed by atoms with van der Waals surface area (Å²) in [6.07, 6.45) is 1.14. The normalized spacial score (nSPS) is 13.4. The number of pyridine rings is 1. The molecule has 30 heavy (non-hydrogen) atoms. The minimum Gasteiger partial charge on any atom is -0.331 e. The number of nitrogens with two attached hydrogens (primary N) is 1. The number of fused-ring (bicyclic) bond motifs is 1. The Morgan fingerprint density at radius 1 is 1.07 bits per heavy atom. The van der Waals surface area contributed by atoms with Gasteiger partial charge in [0.2, 0.25) is 0 Å². The fraction of sp³-hybridized carbons (Fsp3) is 0.280. The lowest BCUT2D eigenvalue weighted by Crippen LogP contribution is -2.84. The molecular formula is C25H28N3OS+. The van der Waals surface area contributed by atoms with Crippen LogP contribution in [0.3, 0.4) is 0 Å². The Balaban J connectivity index is 1.61. The molecule has 0 aliphatic carbocycles. The summed E-state index contributed by atoms with van der Waals surface area (Å²) in [5, 5.41) is 4.39. The Morgan fingerprint density at radius 2 is 1.83 bits per heavy atom. The first-order chi connectivity index (χ1) is 14.6. The molecule has 3 heterocycles. The van der Waals surface area contributed by atoms with Crippen LogP contribution in [0.2, 0.25) is 0 Å². The topological polar surface area (TPSA) is 51.0 Å². The lowest BCUT2D eigenvalue weighted by Gasteiger charge is -2.16. The Morgan fingerprint density at radius 3 is 2.53 bits per heavy atom. The third-order valence-corrected chi connectivity index (χ3v) is 6.78. The molecule has 0 fully saturated rings. The van der Waals surface area contributed by atoms with E-state index in [0.29, 0.717) is 18.1 Å². The predicted molar refractivity (Wildman–Crippen MR) is 123 cm³/mol. The molecule has 0 bridgehead atoms. The highest BCUT2D eigenvalue weighted by Gasteiger charge is 2.20. The van der Waals surface area contributed by atoms with E-state index in [1.165, 1.54) is 16.0 Å². The number of hydrogen-bond acceptors (Lipinski definition) is 3. The molecular weight excluding hydrogens is 390 g/mol. The van der Waals surface area contributed by atoms with Crippen LogP contribution in [-0.4, -0.2) is 9.38 Å². The zero-order chi connectivity index (χ0) is 21.1. The van der Waals surface area contributed by atoms with Crippen molar-refractivity contribution >= 4 is 17.0 Å². The first kappa shape index (κ1) is 20.5. The van der Waals surface area contributed by atoms with E-state index in [0.717, 1.165) is 17.8 Å². The molecule has 0 aliphatic heterocycles. The largest absolute Gasteiger partial charge is 0.331 e. The lowest BCUT2D eigenvalue weighted by molar-refractivity contribution is -0.702. The zero-order valence-corrected chi connectivity index (χ0v) is 18.5. The van der Waals surface area contributed by atoms with Gasteiger partial charge in [0.05, 0.1) is 4.88 Å². The number of hydrogen-bond donors (Lipinski definition) is 1. The Hall–Kier alpha value is -2.76. The van der Waals surface area contributed by atoms with Crippen LogP contribution in [0.15, 0.2) is 70.8 Å². The molecule has 3 aromatic heterocycles. The van der Waals surface area contributed by atoms with Crippen molar-refractivity contribution in [2.75, 3.05) is 0 Å². The third kappa shape index (κ3) is 4.23. The molecule has 1 aromatic carbocycles. The van der Waals surface area contributed by atoms with Gasteiger partial charge in [0, 0.05) is 17.3 Å². The van der Waals surface area contributed by atoms with E-state index in [-0.39, 0.29) is 11.6 Å². The molecule has 0 unspecified atom stereocenters. The van der Waals surface area contributed by atoms with E-state index in [1.807, 2.05) is 25.1 Å². The van der Waals surface area contributed by atoms with Gasteiger partial charge in [0.15, 0.2) is 0 Å². The van der Waals surface area contributed by atoms with Crippen molar-refractivity contribution in [2.24, 2.45) is 0 Å². The molecule has 2 N–H and O–H groups in total. The first-order valence-electron chi connectivity index (χ1n) is 10.5. The van der Waals surface area contributed by atoms with Crippen molar-refractivity contribution in [3.05, 3.63) is 104 Å². The van der Waals surface area contributed by atoms with Crippen LogP contribution in [0, 0.1) is 6.92 Å². The second kappa shape index (κ2) is 8.94. The molecule has 0 aliphatic rings. The highest BCUT2D eigenvalue weighted by molar-refractivity contribution is 7.10. The molecule has 4 rings (SSSR count). The number of aromatic nitrogens is 2. The van der Waals surface area contributed by atoms with Gasteiger partial charge in [-0.3, -0.25) is 9.20 Å². The zero-order valence-electron chi connectivity index (χ0n) is 17.7. The van der Waals surface area contributed by atoms with Gasteiger partial charge < -0.3 is 5.32 Å². The van der Waals surface area contributed by atoms with Gasteiger partial charge in [-0.05, 0) is 48.4 Å². The van der Waals surface area contributed by atoms with E-state index >= 15 is 0 Å². The molecule has 0 saturated heterocycles. The van der Waals surface area contributed by atoms with E-state index < -0.39 is 0 Å². The van der Waals surface area contributed by atoms with E-state index in [2.05, 4.69) is 60.9 Å². The quantitative estimate of drug-likeness (QED) is 0.483. The summed E-state index contributed by atoms with van der Waals surface area (Å²) in [7, 11) is 0. The number of quaternary nitrogens is 1. The smallest absolute Gasteiger partial charge is 0.258 e. The van der Waals surface area contributed by atoms with Crippen molar-refractivity contribution in [1.29, 1.82) is 0 Å². The summed E-state index contributed by atoms with van der Waals surface area (Å²) >= 11 is 1.77. The Kier molecular flexibility index (Phi) is 6.11. The Labute approximate surface area is 181 Å². The van der Waals surface area contributed by atoms with Gasteiger partial charge in [-0.2, -0.15) is 0 Å². The predicted octanol–water partition coefficient (Wildman–Crippen LogP) is 4.43. The van der Waals surface area contributed by atoms with Gasteiger partial charge >= 0.3 is 0 Å². The molecule has 0 amide bonds. The van der Waals surface area contributed by atoms with E-state index in [4.69, 9.17) is 4.98 Å². The molecule has 154 valence electrons. The minimum absolute atomic E-state index is 0.0212. The summed E-state index contributed by atoms with van der Waals surface area (Å²) in [6.45, 7) is 7.07. The average molecular weight is 419 g/mol. The van der Waals surface area contributed by atoms with Crippen LogP contribution in [-0.2, 0) is 6.54 Å². The summed E-state index contributed by atoms with van der Waals surface area (Å²) in [5.74, 6) is 0.571. The van der Waals surface area contributed by atoms with Gasteiger partial charge in [0.1, 0.15) is 23.9 Å². The van der Waals surface area contributed by atoms with Crippen LogP contribution in [0.1, 0.15) is 59.6 Å². The van der Waals surface area contributed by atoms with Gasteiger partial charge in [-0.1, -0.05) is 50.2 Å². The van der Waals surface area contributed by atoms with Crippen molar-refractivity contribution in [3.63, 3.8) is 0 Å². The Bertz CT molecular complexity index is 1180. The molecule has 0 saturated carbocycles. The summed E-state index contributed by atoms with van der Waals surface area (Å²) in [6, 6.07) is 20.9. The second-order valence-electron chi connectivity index (χ2n) is 7.86. The SMILES string of the molecule is CC[C@@H](C)c1ccc([C@@H]([NH2+]Cc2cc(=O)n3c(C)cccc3n2)c2cccs2)cc1. The van der Waals surface area contributed by atoms with E-state index in [1.54, 1.807) is 21.8 Å². The number of nitrogens with zero attached hydrogens (tertiary/aromatic N) is 2. The molecule has 4 aromatic rings. The molecule has 5 heteroatoms.